The quantitative estimate of drug-likeness (QED) is 0.829. The van der Waals surface area contributed by atoms with Crippen molar-refractivity contribution in [2.24, 2.45) is 0 Å². The number of rotatable bonds is 4. The largest absolute Gasteiger partial charge is 0.493 e. The van der Waals surface area contributed by atoms with Crippen molar-refractivity contribution < 1.29 is 19.0 Å². The average Bonchev–Trinajstić information content (AvgIpc) is 2.62. The van der Waals surface area contributed by atoms with Gasteiger partial charge in [-0.05, 0) is 43.5 Å². The summed E-state index contributed by atoms with van der Waals surface area (Å²) in [5.41, 5.74) is 2.37. The molecule has 0 spiro atoms. The number of ether oxygens (including phenoxy) is 3. The molecule has 2 atom stereocenters. The van der Waals surface area contributed by atoms with Gasteiger partial charge in [-0.2, -0.15) is 0 Å². The zero-order valence-electron chi connectivity index (χ0n) is 15.6. The maximum atomic E-state index is 12.8. The second kappa shape index (κ2) is 7.62. The van der Waals surface area contributed by atoms with Crippen LogP contribution in [0.3, 0.4) is 0 Å². The maximum absolute atomic E-state index is 12.8. The van der Waals surface area contributed by atoms with Gasteiger partial charge in [0.05, 0.1) is 34.0 Å². The summed E-state index contributed by atoms with van der Waals surface area (Å²) in [6, 6.07) is 4.57. The van der Waals surface area contributed by atoms with E-state index in [-0.39, 0.29) is 18.0 Å². The molecule has 0 aromatic heterocycles. The van der Waals surface area contributed by atoms with Crippen molar-refractivity contribution in [3.63, 3.8) is 0 Å². The molecule has 3 rings (SSSR count). The molecule has 0 bridgehead atoms. The SMILES string of the molecule is COc1cc2c(cc1OC)CN(C(=O)CN1[C@@H](C)COC[C@@H]1C)CC2. The molecule has 0 radical (unpaired) electrons. The van der Waals surface area contributed by atoms with Gasteiger partial charge in [-0.15, -0.1) is 0 Å². The Morgan fingerprint density at radius 2 is 1.72 bits per heavy atom. The van der Waals surface area contributed by atoms with Crippen molar-refractivity contribution in [2.45, 2.75) is 38.9 Å². The van der Waals surface area contributed by atoms with Crippen LogP contribution in [0.25, 0.3) is 0 Å². The number of hydrogen-bond donors (Lipinski definition) is 0. The zero-order chi connectivity index (χ0) is 18.0. The van der Waals surface area contributed by atoms with Crippen LogP contribution in [0, 0.1) is 0 Å². The van der Waals surface area contributed by atoms with Crippen LogP contribution in [0.15, 0.2) is 12.1 Å². The molecular formula is C19H28N2O4. The summed E-state index contributed by atoms with van der Waals surface area (Å²) >= 11 is 0. The van der Waals surface area contributed by atoms with E-state index in [1.807, 2.05) is 17.0 Å². The molecule has 2 aliphatic heterocycles. The highest BCUT2D eigenvalue weighted by atomic mass is 16.5. The summed E-state index contributed by atoms with van der Waals surface area (Å²) in [6.07, 6.45) is 0.843. The van der Waals surface area contributed by atoms with E-state index in [1.165, 1.54) is 5.56 Å². The number of morpholine rings is 1. The predicted molar refractivity (Wildman–Crippen MR) is 95.1 cm³/mol. The van der Waals surface area contributed by atoms with E-state index in [4.69, 9.17) is 14.2 Å². The molecule has 1 aromatic carbocycles. The molecule has 0 N–H and O–H groups in total. The minimum absolute atomic E-state index is 0.182. The van der Waals surface area contributed by atoms with Gasteiger partial charge in [-0.3, -0.25) is 9.69 Å². The molecule has 2 heterocycles. The van der Waals surface area contributed by atoms with Gasteiger partial charge in [0, 0.05) is 25.2 Å². The molecule has 1 amide bonds. The standard InChI is InChI=1S/C19H28N2O4/c1-13-11-25-12-14(2)21(13)10-19(22)20-6-5-15-7-17(23-3)18(24-4)8-16(15)9-20/h7-8,13-14H,5-6,9-12H2,1-4H3/t13-,14-/m0/s1. The molecule has 0 aliphatic carbocycles. The van der Waals surface area contributed by atoms with Gasteiger partial charge in [-0.1, -0.05) is 0 Å². The number of amides is 1. The number of benzene rings is 1. The van der Waals surface area contributed by atoms with E-state index in [1.54, 1.807) is 14.2 Å². The molecule has 0 unspecified atom stereocenters. The molecular weight excluding hydrogens is 320 g/mol. The lowest BCUT2D eigenvalue weighted by atomic mass is 9.98. The molecule has 25 heavy (non-hydrogen) atoms. The zero-order valence-corrected chi connectivity index (χ0v) is 15.6. The van der Waals surface area contributed by atoms with E-state index < -0.39 is 0 Å². The van der Waals surface area contributed by atoms with E-state index in [0.717, 1.165) is 24.3 Å². The monoisotopic (exact) mass is 348 g/mol. The molecule has 138 valence electrons. The highest BCUT2D eigenvalue weighted by Gasteiger charge is 2.30. The van der Waals surface area contributed by atoms with Crippen molar-refractivity contribution in [2.75, 3.05) is 40.5 Å². The van der Waals surface area contributed by atoms with Crippen molar-refractivity contribution >= 4 is 5.91 Å². The minimum Gasteiger partial charge on any atom is -0.493 e. The Morgan fingerprint density at radius 1 is 1.12 bits per heavy atom. The fourth-order valence-electron chi connectivity index (χ4n) is 3.70. The molecule has 1 fully saturated rings. The Hall–Kier alpha value is -1.79. The summed E-state index contributed by atoms with van der Waals surface area (Å²) in [5, 5.41) is 0. The molecule has 2 aliphatic rings. The smallest absolute Gasteiger partial charge is 0.237 e. The van der Waals surface area contributed by atoms with Crippen molar-refractivity contribution in [3.05, 3.63) is 23.3 Å². The summed E-state index contributed by atoms with van der Waals surface area (Å²) < 4.78 is 16.3. The van der Waals surface area contributed by atoms with Crippen LogP contribution in [0.5, 0.6) is 11.5 Å². The summed E-state index contributed by atoms with van der Waals surface area (Å²) in [4.78, 5) is 17.0. The number of methoxy groups -OCH3 is 2. The van der Waals surface area contributed by atoms with Crippen LogP contribution in [0.1, 0.15) is 25.0 Å². The van der Waals surface area contributed by atoms with Crippen molar-refractivity contribution in [3.8, 4) is 11.5 Å². The Kier molecular flexibility index (Phi) is 5.49. The Labute approximate surface area is 149 Å². The number of nitrogens with zero attached hydrogens (tertiary/aromatic N) is 2. The van der Waals surface area contributed by atoms with Gasteiger partial charge < -0.3 is 19.1 Å². The van der Waals surface area contributed by atoms with Crippen LogP contribution in [0.4, 0.5) is 0 Å². The summed E-state index contributed by atoms with van der Waals surface area (Å²) in [5.74, 6) is 1.64. The highest BCUT2D eigenvalue weighted by molar-refractivity contribution is 5.78. The Balaban J connectivity index is 1.70. The van der Waals surface area contributed by atoms with E-state index in [0.29, 0.717) is 32.1 Å². The van der Waals surface area contributed by atoms with Crippen LogP contribution in [0.2, 0.25) is 0 Å². The number of hydrogen-bond acceptors (Lipinski definition) is 5. The first-order chi connectivity index (χ1) is 12.0. The van der Waals surface area contributed by atoms with Crippen LogP contribution in [-0.4, -0.2) is 68.3 Å². The molecule has 6 heteroatoms. The van der Waals surface area contributed by atoms with E-state index >= 15 is 0 Å². The lowest BCUT2D eigenvalue weighted by Gasteiger charge is -2.39. The second-order valence-corrected chi connectivity index (χ2v) is 6.95. The van der Waals surface area contributed by atoms with E-state index in [9.17, 15) is 4.79 Å². The number of carbonyl (C=O) groups is 1. The van der Waals surface area contributed by atoms with Crippen LogP contribution < -0.4 is 9.47 Å². The summed E-state index contributed by atoms with van der Waals surface area (Å²) in [6.45, 7) is 7.44. The topological polar surface area (TPSA) is 51.2 Å². The number of fused-ring (bicyclic) bond motifs is 1. The van der Waals surface area contributed by atoms with Gasteiger partial charge in [0.25, 0.3) is 0 Å². The van der Waals surface area contributed by atoms with Gasteiger partial charge >= 0.3 is 0 Å². The lowest BCUT2D eigenvalue weighted by Crippen LogP contribution is -2.53. The van der Waals surface area contributed by atoms with Crippen LogP contribution in [-0.2, 0) is 22.5 Å². The average molecular weight is 348 g/mol. The molecule has 0 saturated carbocycles. The predicted octanol–water partition coefficient (Wildman–Crippen LogP) is 1.70. The van der Waals surface area contributed by atoms with Crippen molar-refractivity contribution in [1.29, 1.82) is 0 Å². The lowest BCUT2D eigenvalue weighted by molar-refractivity contribution is -0.137. The van der Waals surface area contributed by atoms with Gasteiger partial charge in [0.15, 0.2) is 11.5 Å². The maximum Gasteiger partial charge on any atom is 0.237 e. The van der Waals surface area contributed by atoms with Crippen LogP contribution >= 0.6 is 0 Å². The Morgan fingerprint density at radius 3 is 2.32 bits per heavy atom. The second-order valence-electron chi connectivity index (χ2n) is 6.95. The first kappa shape index (κ1) is 18.0. The van der Waals surface area contributed by atoms with E-state index in [2.05, 4.69) is 18.7 Å². The van der Waals surface area contributed by atoms with Crippen molar-refractivity contribution in [1.82, 2.24) is 9.80 Å². The summed E-state index contributed by atoms with van der Waals surface area (Å²) in [7, 11) is 3.28. The third-order valence-corrected chi connectivity index (χ3v) is 5.24. The van der Waals surface area contributed by atoms with Gasteiger partial charge in [0.2, 0.25) is 5.91 Å². The first-order valence-corrected chi connectivity index (χ1v) is 8.88. The van der Waals surface area contributed by atoms with Gasteiger partial charge in [0.1, 0.15) is 0 Å². The normalized spacial score (nSPS) is 23.9. The third kappa shape index (κ3) is 3.75. The fraction of sp³-hybridized carbons (Fsp3) is 0.632. The fourth-order valence-corrected chi connectivity index (χ4v) is 3.70. The molecule has 6 nitrogen and oxygen atoms in total. The molecule has 1 saturated heterocycles. The van der Waals surface area contributed by atoms with Gasteiger partial charge in [-0.25, -0.2) is 0 Å². The number of carbonyl (C=O) groups excluding carboxylic acids is 1. The minimum atomic E-state index is 0.182. The first-order valence-electron chi connectivity index (χ1n) is 8.88. The third-order valence-electron chi connectivity index (χ3n) is 5.24. The molecule has 1 aromatic rings. The highest BCUT2D eigenvalue weighted by Crippen LogP contribution is 2.33. The Bertz CT molecular complexity index is 624.